The van der Waals surface area contributed by atoms with Crippen LogP contribution in [-0.2, 0) is 18.3 Å². The number of nitrogens with one attached hydrogen (secondary N) is 1. The Bertz CT molecular complexity index is 1160. The fourth-order valence-corrected chi connectivity index (χ4v) is 3.66. The molecule has 3 aromatic rings. The number of nitrogens with zero attached hydrogens (tertiary/aromatic N) is 4. The zero-order valence-corrected chi connectivity index (χ0v) is 17.6. The van der Waals surface area contributed by atoms with Gasteiger partial charge < -0.3 is 25.2 Å². The minimum Gasteiger partial charge on any atom is -0.387 e. The molecule has 1 fully saturated rings. The molecular weight excluding hydrogens is 445 g/mol. The summed E-state index contributed by atoms with van der Waals surface area (Å²) in [5, 5.41) is 23.4. The van der Waals surface area contributed by atoms with Crippen LogP contribution in [0.25, 0.3) is 11.2 Å². The van der Waals surface area contributed by atoms with Crippen LogP contribution in [0.5, 0.6) is 0 Å². The van der Waals surface area contributed by atoms with Gasteiger partial charge in [0.15, 0.2) is 23.2 Å². The highest BCUT2D eigenvalue weighted by Crippen LogP contribution is 2.43. The molecule has 0 spiro atoms. The van der Waals surface area contributed by atoms with Gasteiger partial charge in [-0.05, 0) is 12.1 Å². The van der Waals surface area contributed by atoms with Crippen molar-refractivity contribution in [2.24, 2.45) is 0 Å². The summed E-state index contributed by atoms with van der Waals surface area (Å²) in [6.45, 7) is -0.504. The molecule has 4 rings (SSSR count). The molecule has 32 heavy (non-hydrogen) atoms. The summed E-state index contributed by atoms with van der Waals surface area (Å²) in [5.41, 5.74) is 0.892. The van der Waals surface area contributed by atoms with Crippen LogP contribution in [0.1, 0.15) is 16.6 Å². The summed E-state index contributed by atoms with van der Waals surface area (Å²) >= 11 is 0. The monoisotopic (exact) mass is 465 g/mol. The van der Waals surface area contributed by atoms with Crippen LogP contribution in [0.15, 0.2) is 43.0 Å². The molecule has 0 saturated carbocycles. The first-order valence-corrected chi connectivity index (χ1v) is 10.9. The van der Waals surface area contributed by atoms with Crippen molar-refractivity contribution < 1.29 is 38.3 Å². The van der Waals surface area contributed by atoms with Gasteiger partial charge in [-0.15, -0.1) is 0 Å². The van der Waals surface area contributed by atoms with Crippen molar-refractivity contribution in [2.75, 3.05) is 19.0 Å². The Hall–Kier alpha value is -2.77. The van der Waals surface area contributed by atoms with Gasteiger partial charge in [-0.1, -0.05) is 18.2 Å². The number of aliphatic hydroxyl groups excluding tert-OH is 2. The molecule has 1 aromatic carbocycles. The minimum absolute atomic E-state index is 0.150. The van der Waals surface area contributed by atoms with Crippen LogP contribution < -0.4 is 5.32 Å². The van der Waals surface area contributed by atoms with Gasteiger partial charge in [-0.2, -0.15) is 0 Å². The second kappa shape index (κ2) is 9.00. The lowest BCUT2D eigenvalue weighted by Crippen LogP contribution is -2.33. The molecule has 2 unspecified atom stereocenters. The maximum absolute atomic E-state index is 12.5. The summed E-state index contributed by atoms with van der Waals surface area (Å²) in [6, 6.07) is 8.54. The van der Waals surface area contributed by atoms with Crippen molar-refractivity contribution in [1.29, 1.82) is 0 Å². The Morgan fingerprint density at radius 3 is 2.69 bits per heavy atom. The van der Waals surface area contributed by atoms with E-state index in [2.05, 4.69) is 24.8 Å². The number of rotatable bonds is 7. The lowest BCUT2D eigenvalue weighted by Gasteiger charge is -2.17. The van der Waals surface area contributed by atoms with Gasteiger partial charge in [-0.3, -0.25) is 18.4 Å². The second-order valence-corrected chi connectivity index (χ2v) is 8.42. The molecule has 2 aromatic heterocycles. The lowest BCUT2D eigenvalue weighted by atomic mass is 10.1. The number of carbonyl (C=O) groups excluding carboxylic acids is 1. The lowest BCUT2D eigenvalue weighted by molar-refractivity contribution is -0.0509. The molecule has 5 atom stereocenters. The number of phosphoric ester groups is 1. The van der Waals surface area contributed by atoms with E-state index in [0.717, 1.165) is 7.11 Å². The molecule has 170 valence electrons. The number of carbonyl (C=O) groups is 1. The van der Waals surface area contributed by atoms with Crippen molar-refractivity contribution in [2.45, 2.75) is 24.5 Å². The van der Waals surface area contributed by atoms with E-state index in [1.54, 1.807) is 30.3 Å². The Morgan fingerprint density at radius 2 is 1.97 bits per heavy atom. The van der Waals surface area contributed by atoms with Crippen LogP contribution in [-0.4, -0.2) is 72.6 Å². The molecule has 1 saturated heterocycles. The highest BCUT2D eigenvalue weighted by molar-refractivity contribution is 7.47. The van der Waals surface area contributed by atoms with E-state index in [0.29, 0.717) is 5.56 Å². The number of benzene rings is 1. The molecule has 1 amide bonds. The number of aromatic nitrogens is 4. The van der Waals surface area contributed by atoms with E-state index in [1.165, 1.54) is 17.2 Å². The number of hydrogen-bond donors (Lipinski definition) is 4. The van der Waals surface area contributed by atoms with Crippen molar-refractivity contribution in [3.63, 3.8) is 0 Å². The minimum atomic E-state index is -4.29. The molecular formula is C18H20N5O8P. The fraction of sp³-hybridized carbons (Fsp3) is 0.333. The van der Waals surface area contributed by atoms with Crippen molar-refractivity contribution >= 4 is 30.7 Å². The summed E-state index contributed by atoms with van der Waals surface area (Å²) in [5.74, 6) is -0.242. The van der Waals surface area contributed by atoms with Crippen molar-refractivity contribution in [3.05, 3.63) is 48.5 Å². The zero-order chi connectivity index (χ0) is 22.9. The predicted octanol–water partition coefficient (Wildman–Crippen LogP) is 0.461. The first-order chi connectivity index (χ1) is 15.3. The molecule has 0 aliphatic carbocycles. The molecule has 0 radical (unpaired) electrons. The maximum Gasteiger partial charge on any atom is 0.472 e. The summed E-state index contributed by atoms with van der Waals surface area (Å²) < 4.78 is 27.5. The molecule has 0 bridgehead atoms. The number of phosphoric acid groups is 1. The van der Waals surface area contributed by atoms with Gasteiger partial charge in [0.25, 0.3) is 5.91 Å². The maximum atomic E-state index is 12.5. The molecule has 13 nitrogen and oxygen atoms in total. The third-order valence-corrected chi connectivity index (χ3v) is 5.81. The van der Waals surface area contributed by atoms with Gasteiger partial charge in [-0.25, -0.2) is 19.5 Å². The van der Waals surface area contributed by atoms with E-state index < -0.39 is 44.9 Å². The number of ether oxygens (including phenoxy) is 1. The van der Waals surface area contributed by atoms with Crippen LogP contribution in [0, 0.1) is 0 Å². The SMILES string of the molecule is COP(=O)(O)OC[C@H]1O[C@@H](n2cnc3c(NC(=O)c4ccccc4)ncnc32)C(O)[C@H]1O. The zero-order valence-electron chi connectivity index (χ0n) is 16.7. The number of imidazole rings is 1. The Balaban J connectivity index is 1.56. The molecule has 14 heteroatoms. The number of amides is 1. The molecule has 3 heterocycles. The van der Waals surface area contributed by atoms with E-state index >= 15 is 0 Å². The number of fused-ring (bicyclic) bond motifs is 1. The standard InChI is InChI=1S/C18H20N5O8P/c1-29-32(27,28)30-7-11-13(24)14(25)18(31-11)23-9-21-12-15(19-8-20-16(12)23)22-17(26)10-5-3-2-4-6-10/h2-6,8-9,11,13-14,18,24-25H,7H2,1H3,(H,27,28)(H,19,20,22,26)/t11-,13+,14?,18-/m1/s1. The van der Waals surface area contributed by atoms with Gasteiger partial charge in [0.1, 0.15) is 24.6 Å². The Morgan fingerprint density at radius 1 is 1.22 bits per heavy atom. The van der Waals surface area contributed by atoms with Crippen LogP contribution >= 0.6 is 7.82 Å². The van der Waals surface area contributed by atoms with E-state index in [4.69, 9.17) is 9.26 Å². The number of hydrogen-bond acceptors (Lipinski definition) is 10. The van der Waals surface area contributed by atoms with Gasteiger partial charge in [0.2, 0.25) is 0 Å². The third-order valence-electron chi connectivity index (χ3n) is 4.87. The average molecular weight is 465 g/mol. The van der Waals surface area contributed by atoms with Crippen LogP contribution in [0.2, 0.25) is 0 Å². The number of aliphatic hydroxyl groups is 2. The molecule has 1 aliphatic rings. The smallest absolute Gasteiger partial charge is 0.387 e. The topological polar surface area (TPSA) is 178 Å². The highest BCUT2D eigenvalue weighted by atomic mass is 31.2. The van der Waals surface area contributed by atoms with Gasteiger partial charge in [0, 0.05) is 12.7 Å². The largest absolute Gasteiger partial charge is 0.472 e. The van der Waals surface area contributed by atoms with E-state index in [9.17, 15) is 24.5 Å². The molecule has 1 aliphatic heterocycles. The highest BCUT2D eigenvalue weighted by Gasteiger charge is 2.45. The third kappa shape index (κ3) is 4.40. The Kier molecular flexibility index (Phi) is 6.31. The summed E-state index contributed by atoms with van der Waals surface area (Å²) in [6.07, 6.45) is -2.57. The average Bonchev–Trinajstić information content (AvgIpc) is 3.35. The normalized spacial score (nSPS) is 25.0. The van der Waals surface area contributed by atoms with Gasteiger partial charge >= 0.3 is 7.82 Å². The Labute approximate surface area is 181 Å². The number of anilines is 1. The van der Waals surface area contributed by atoms with Gasteiger partial charge in [0.05, 0.1) is 12.9 Å². The molecule has 4 N–H and O–H groups in total. The quantitative estimate of drug-likeness (QED) is 0.356. The summed E-state index contributed by atoms with van der Waals surface area (Å²) in [7, 11) is -3.29. The van der Waals surface area contributed by atoms with Crippen LogP contribution in [0.3, 0.4) is 0 Å². The second-order valence-electron chi connectivity index (χ2n) is 6.86. The van der Waals surface area contributed by atoms with Crippen molar-refractivity contribution in [1.82, 2.24) is 19.5 Å². The van der Waals surface area contributed by atoms with E-state index in [-0.39, 0.29) is 17.0 Å². The van der Waals surface area contributed by atoms with E-state index in [1.807, 2.05) is 0 Å². The fourth-order valence-electron chi connectivity index (χ4n) is 3.22. The first kappa shape index (κ1) is 22.4. The van der Waals surface area contributed by atoms with Crippen LogP contribution in [0.4, 0.5) is 5.82 Å². The predicted molar refractivity (Wildman–Crippen MR) is 108 cm³/mol. The summed E-state index contributed by atoms with van der Waals surface area (Å²) in [4.78, 5) is 34.2. The first-order valence-electron chi connectivity index (χ1n) is 9.39. The van der Waals surface area contributed by atoms with Crippen molar-refractivity contribution in [3.8, 4) is 0 Å².